The lowest BCUT2D eigenvalue weighted by atomic mass is 10.1. The minimum atomic E-state index is -0.424. The second-order valence-corrected chi connectivity index (χ2v) is 9.13. The third-order valence-electron chi connectivity index (χ3n) is 5.61. The summed E-state index contributed by atoms with van der Waals surface area (Å²) in [5.41, 5.74) is 8.01. The number of amides is 1. The van der Waals surface area contributed by atoms with Gasteiger partial charge in [-0.05, 0) is 43.3 Å². The van der Waals surface area contributed by atoms with Crippen LogP contribution >= 0.6 is 11.8 Å². The summed E-state index contributed by atoms with van der Waals surface area (Å²) < 4.78 is 6.24. The fourth-order valence-electron chi connectivity index (χ4n) is 3.63. The second kappa shape index (κ2) is 10.2. The number of aryl methyl sites for hydroxylation is 1. The minimum Gasteiger partial charge on any atom is -0.473 e. The van der Waals surface area contributed by atoms with Crippen LogP contribution in [0.2, 0.25) is 0 Å². The largest absolute Gasteiger partial charge is 0.473 e. The lowest BCUT2D eigenvalue weighted by Crippen LogP contribution is -2.54. The highest BCUT2D eigenvalue weighted by Gasteiger charge is 2.26. The van der Waals surface area contributed by atoms with Crippen LogP contribution in [0.3, 0.4) is 0 Å². The van der Waals surface area contributed by atoms with E-state index in [4.69, 9.17) is 15.5 Å². The summed E-state index contributed by atoms with van der Waals surface area (Å²) in [4.78, 5) is 22.8. The minimum absolute atomic E-state index is 0.142. The molecule has 32 heavy (non-hydrogen) atoms. The summed E-state index contributed by atoms with van der Waals surface area (Å²) >= 11 is 1.57. The zero-order chi connectivity index (χ0) is 22.5. The van der Waals surface area contributed by atoms with Crippen LogP contribution in [0.5, 0.6) is 0 Å². The SMILES string of the molecule is Cc1cc(C(N)=O)ccc1SC1=C(OCc2ccccc2)NC(N2CCN(C)CC2)N=C1. The number of likely N-dealkylation sites (N-methyl/N-ethyl adjacent to an activating group) is 1. The summed E-state index contributed by atoms with van der Waals surface area (Å²) in [6, 6.07) is 15.6. The molecule has 1 fully saturated rings. The molecule has 1 unspecified atom stereocenters. The first kappa shape index (κ1) is 22.4. The summed E-state index contributed by atoms with van der Waals surface area (Å²) in [5, 5.41) is 3.50. The second-order valence-electron chi connectivity index (χ2n) is 8.05. The van der Waals surface area contributed by atoms with Crippen molar-refractivity contribution < 1.29 is 9.53 Å². The van der Waals surface area contributed by atoms with Gasteiger partial charge in [0.25, 0.3) is 0 Å². The molecule has 3 N–H and O–H groups in total. The molecular weight excluding hydrogens is 422 g/mol. The number of carbonyl (C=O) groups excluding carboxylic acids is 1. The molecule has 0 saturated carbocycles. The Kier molecular flexibility index (Phi) is 7.14. The van der Waals surface area contributed by atoms with E-state index >= 15 is 0 Å². The predicted molar refractivity (Wildman–Crippen MR) is 128 cm³/mol. The number of ether oxygens (including phenoxy) is 1. The van der Waals surface area contributed by atoms with E-state index in [1.807, 2.05) is 43.5 Å². The molecule has 0 aromatic heterocycles. The van der Waals surface area contributed by atoms with Gasteiger partial charge in [-0.1, -0.05) is 42.1 Å². The maximum absolute atomic E-state index is 11.5. The van der Waals surface area contributed by atoms with Gasteiger partial charge in [-0.3, -0.25) is 14.7 Å². The summed E-state index contributed by atoms with van der Waals surface area (Å²) in [5.74, 6) is 0.294. The van der Waals surface area contributed by atoms with Gasteiger partial charge in [0.15, 0.2) is 6.29 Å². The zero-order valence-electron chi connectivity index (χ0n) is 18.5. The number of allylic oxidation sites excluding steroid dienone is 1. The number of thioether (sulfide) groups is 1. The number of aliphatic imine (C=N–C) groups is 1. The van der Waals surface area contributed by atoms with Gasteiger partial charge < -0.3 is 20.7 Å². The van der Waals surface area contributed by atoms with Crippen molar-refractivity contribution in [3.05, 3.63) is 76.0 Å². The standard InChI is InChI=1S/C24H29N5O2S/c1-17-14-19(22(25)30)8-9-20(17)32-21-15-26-24(29-12-10-28(2)11-13-29)27-23(21)31-16-18-6-4-3-5-7-18/h3-9,14-15,24,27H,10-13,16H2,1-2H3,(H2,25,30). The fraction of sp³-hybridized carbons (Fsp3) is 0.333. The molecule has 7 nitrogen and oxygen atoms in total. The van der Waals surface area contributed by atoms with E-state index in [-0.39, 0.29) is 6.29 Å². The number of nitrogens with one attached hydrogen (secondary N) is 1. The Labute approximate surface area is 193 Å². The van der Waals surface area contributed by atoms with Gasteiger partial charge in [0.05, 0.1) is 4.91 Å². The van der Waals surface area contributed by atoms with Crippen molar-refractivity contribution in [2.45, 2.75) is 24.7 Å². The van der Waals surface area contributed by atoms with Gasteiger partial charge in [-0.2, -0.15) is 0 Å². The summed E-state index contributed by atoms with van der Waals surface area (Å²) in [7, 11) is 2.14. The molecule has 2 heterocycles. The summed E-state index contributed by atoms with van der Waals surface area (Å²) in [6.45, 7) is 6.38. The number of hydrogen-bond donors (Lipinski definition) is 2. The Morgan fingerprint density at radius 1 is 1.19 bits per heavy atom. The number of benzene rings is 2. The average molecular weight is 452 g/mol. The lowest BCUT2D eigenvalue weighted by Gasteiger charge is -2.38. The Bertz CT molecular complexity index is 1020. The van der Waals surface area contributed by atoms with E-state index in [1.54, 1.807) is 17.8 Å². The molecule has 1 saturated heterocycles. The maximum Gasteiger partial charge on any atom is 0.248 e. The van der Waals surface area contributed by atoms with Crippen molar-refractivity contribution in [3.63, 3.8) is 0 Å². The third-order valence-corrected chi connectivity index (χ3v) is 6.79. The number of nitrogens with zero attached hydrogens (tertiary/aromatic N) is 3. The first-order valence-corrected chi connectivity index (χ1v) is 11.5. The lowest BCUT2D eigenvalue weighted by molar-refractivity contribution is 0.0798. The highest BCUT2D eigenvalue weighted by molar-refractivity contribution is 8.04. The molecule has 4 rings (SSSR count). The van der Waals surface area contributed by atoms with E-state index in [0.717, 1.165) is 53.0 Å². The molecule has 2 aromatic rings. The van der Waals surface area contributed by atoms with Gasteiger partial charge >= 0.3 is 0 Å². The van der Waals surface area contributed by atoms with Gasteiger partial charge in [-0.15, -0.1) is 0 Å². The van der Waals surface area contributed by atoms with Crippen molar-refractivity contribution >= 4 is 23.9 Å². The maximum atomic E-state index is 11.5. The van der Waals surface area contributed by atoms with E-state index < -0.39 is 5.91 Å². The van der Waals surface area contributed by atoms with Gasteiger partial charge in [0.2, 0.25) is 11.8 Å². The van der Waals surface area contributed by atoms with Crippen LogP contribution in [0.15, 0.2) is 69.2 Å². The van der Waals surface area contributed by atoms with Gasteiger partial charge in [0.1, 0.15) is 6.61 Å². The van der Waals surface area contributed by atoms with Crippen molar-refractivity contribution in [2.75, 3.05) is 33.2 Å². The average Bonchev–Trinajstić information content (AvgIpc) is 2.80. The number of carbonyl (C=O) groups is 1. The molecule has 2 aliphatic heterocycles. The van der Waals surface area contributed by atoms with E-state index in [1.165, 1.54) is 0 Å². The van der Waals surface area contributed by atoms with Crippen LogP contribution in [0, 0.1) is 6.92 Å². The van der Waals surface area contributed by atoms with Gasteiger partial charge in [-0.25, -0.2) is 0 Å². The Morgan fingerprint density at radius 2 is 1.94 bits per heavy atom. The number of hydrogen-bond acceptors (Lipinski definition) is 7. The molecule has 1 amide bonds. The number of piperazine rings is 1. The van der Waals surface area contributed by atoms with Crippen molar-refractivity contribution in [1.29, 1.82) is 0 Å². The van der Waals surface area contributed by atoms with Crippen molar-refractivity contribution in [2.24, 2.45) is 10.7 Å². The Balaban J connectivity index is 1.54. The normalized spacial score (nSPS) is 19.6. The van der Waals surface area contributed by atoms with E-state index in [2.05, 4.69) is 34.3 Å². The molecule has 168 valence electrons. The van der Waals surface area contributed by atoms with Crippen LogP contribution in [0.4, 0.5) is 0 Å². The number of nitrogens with two attached hydrogens (primary N) is 1. The molecule has 0 bridgehead atoms. The highest BCUT2D eigenvalue weighted by atomic mass is 32.2. The predicted octanol–water partition coefficient (Wildman–Crippen LogP) is 2.78. The topological polar surface area (TPSA) is 83.2 Å². The molecule has 0 aliphatic carbocycles. The zero-order valence-corrected chi connectivity index (χ0v) is 19.3. The highest BCUT2D eigenvalue weighted by Crippen LogP contribution is 2.32. The molecular formula is C24H29N5O2S. The van der Waals surface area contributed by atoms with Crippen molar-refractivity contribution in [1.82, 2.24) is 15.1 Å². The first-order chi connectivity index (χ1) is 15.5. The van der Waals surface area contributed by atoms with E-state index in [9.17, 15) is 4.79 Å². The number of rotatable bonds is 7. The molecule has 0 spiro atoms. The van der Waals surface area contributed by atoms with Gasteiger partial charge in [0, 0.05) is 42.9 Å². The fourth-order valence-corrected chi connectivity index (χ4v) is 4.54. The first-order valence-electron chi connectivity index (χ1n) is 10.7. The molecule has 0 radical (unpaired) electrons. The third kappa shape index (κ3) is 5.51. The summed E-state index contributed by atoms with van der Waals surface area (Å²) in [6.07, 6.45) is 1.75. The van der Waals surface area contributed by atoms with Crippen LogP contribution in [0.25, 0.3) is 0 Å². The Hall–Kier alpha value is -2.81. The molecule has 2 aromatic carbocycles. The number of primary amides is 1. The van der Waals surface area contributed by atoms with E-state index in [0.29, 0.717) is 12.2 Å². The monoisotopic (exact) mass is 451 g/mol. The van der Waals surface area contributed by atoms with Crippen LogP contribution in [0.1, 0.15) is 21.5 Å². The van der Waals surface area contributed by atoms with Crippen LogP contribution < -0.4 is 11.1 Å². The van der Waals surface area contributed by atoms with Crippen LogP contribution in [-0.4, -0.2) is 61.4 Å². The molecule has 1 atom stereocenters. The van der Waals surface area contributed by atoms with Crippen LogP contribution in [-0.2, 0) is 11.3 Å². The Morgan fingerprint density at radius 3 is 2.62 bits per heavy atom. The smallest absolute Gasteiger partial charge is 0.248 e. The quantitative estimate of drug-likeness (QED) is 0.674. The molecule has 2 aliphatic rings. The van der Waals surface area contributed by atoms with Crippen molar-refractivity contribution in [3.8, 4) is 0 Å². The molecule has 8 heteroatoms.